The molecule has 6 nitrogen and oxygen atoms in total. The third-order valence-electron chi connectivity index (χ3n) is 2.86. The molecule has 0 atom stereocenters. The Hall–Kier alpha value is -2.37. The fraction of sp³-hybridized carbons (Fsp3) is 0.357. The molecule has 0 saturated carbocycles. The summed E-state index contributed by atoms with van der Waals surface area (Å²) >= 11 is 0. The number of nitrogens with zero attached hydrogens (tertiary/aromatic N) is 2. The van der Waals surface area contributed by atoms with Crippen molar-refractivity contribution in [2.24, 2.45) is 0 Å². The van der Waals surface area contributed by atoms with Gasteiger partial charge in [0.25, 0.3) is 5.91 Å². The van der Waals surface area contributed by atoms with Crippen LogP contribution in [0.25, 0.3) is 0 Å². The van der Waals surface area contributed by atoms with Crippen LogP contribution in [-0.4, -0.2) is 28.2 Å². The summed E-state index contributed by atoms with van der Waals surface area (Å²) in [4.78, 5) is 16.0. The van der Waals surface area contributed by atoms with Gasteiger partial charge in [-0.05, 0) is 17.7 Å². The maximum Gasteiger partial charge on any atom is 0.291 e. The molecule has 0 spiro atoms. The molecule has 0 fully saturated rings. The number of hydrogen-bond acceptors (Lipinski definition) is 4. The van der Waals surface area contributed by atoms with E-state index in [1.54, 1.807) is 7.11 Å². The van der Waals surface area contributed by atoms with E-state index in [9.17, 15) is 4.79 Å². The van der Waals surface area contributed by atoms with Crippen molar-refractivity contribution in [1.82, 2.24) is 20.5 Å². The van der Waals surface area contributed by atoms with Crippen molar-refractivity contribution >= 4 is 5.91 Å². The van der Waals surface area contributed by atoms with Crippen LogP contribution in [0.4, 0.5) is 0 Å². The number of aromatic nitrogens is 3. The largest absolute Gasteiger partial charge is 0.497 e. The molecule has 0 radical (unpaired) electrons. The van der Waals surface area contributed by atoms with Crippen LogP contribution in [-0.2, 0) is 6.54 Å². The second kappa shape index (κ2) is 6.18. The van der Waals surface area contributed by atoms with Gasteiger partial charge in [0.2, 0.25) is 5.82 Å². The van der Waals surface area contributed by atoms with Gasteiger partial charge < -0.3 is 10.1 Å². The summed E-state index contributed by atoms with van der Waals surface area (Å²) in [6, 6.07) is 7.50. The number of aromatic amines is 1. The summed E-state index contributed by atoms with van der Waals surface area (Å²) < 4.78 is 5.08. The third-order valence-corrected chi connectivity index (χ3v) is 2.86. The quantitative estimate of drug-likeness (QED) is 0.872. The van der Waals surface area contributed by atoms with Gasteiger partial charge in [-0.1, -0.05) is 26.0 Å². The van der Waals surface area contributed by atoms with Crippen molar-refractivity contribution < 1.29 is 9.53 Å². The first kappa shape index (κ1) is 14.0. The Labute approximate surface area is 117 Å². The predicted octanol–water partition coefficient (Wildman–Crippen LogP) is 1.87. The van der Waals surface area contributed by atoms with Gasteiger partial charge in [0, 0.05) is 12.5 Å². The number of carbonyl (C=O) groups excluding carboxylic acids is 1. The number of methoxy groups -OCH3 is 1. The average Bonchev–Trinajstić information content (AvgIpc) is 2.95. The fourth-order valence-electron chi connectivity index (χ4n) is 1.64. The van der Waals surface area contributed by atoms with E-state index in [1.165, 1.54) is 0 Å². The van der Waals surface area contributed by atoms with Crippen molar-refractivity contribution in [1.29, 1.82) is 0 Å². The molecule has 0 bridgehead atoms. The summed E-state index contributed by atoms with van der Waals surface area (Å²) in [6.07, 6.45) is 0. The fourth-order valence-corrected chi connectivity index (χ4v) is 1.64. The first-order valence-corrected chi connectivity index (χ1v) is 6.43. The van der Waals surface area contributed by atoms with E-state index in [0.717, 1.165) is 11.3 Å². The highest BCUT2D eigenvalue weighted by molar-refractivity contribution is 5.90. The maximum absolute atomic E-state index is 11.9. The Kier molecular flexibility index (Phi) is 4.34. The van der Waals surface area contributed by atoms with Gasteiger partial charge in [0.15, 0.2) is 0 Å². The maximum atomic E-state index is 11.9. The molecule has 0 aliphatic heterocycles. The lowest BCUT2D eigenvalue weighted by molar-refractivity contribution is 0.0941. The summed E-state index contributed by atoms with van der Waals surface area (Å²) in [5.74, 6) is 1.59. The first-order valence-electron chi connectivity index (χ1n) is 6.43. The van der Waals surface area contributed by atoms with E-state index < -0.39 is 0 Å². The predicted molar refractivity (Wildman–Crippen MR) is 74.6 cm³/mol. The molecule has 1 heterocycles. The van der Waals surface area contributed by atoms with Crippen molar-refractivity contribution in [2.75, 3.05) is 7.11 Å². The van der Waals surface area contributed by atoms with Gasteiger partial charge in [0.1, 0.15) is 11.6 Å². The molecule has 0 unspecified atom stereocenters. The normalized spacial score (nSPS) is 10.6. The van der Waals surface area contributed by atoms with Crippen LogP contribution in [0.15, 0.2) is 24.3 Å². The van der Waals surface area contributed by atoms with Crippen LogP contribution in [0.2, 0.25) is 0 Å². The Balaban J connectivity index is 1.93. The molecule has 0 aliphatic rings. The number of carbonyl (C=O) groups is 1. The third kappa shape index (κ3) is 3.34. The highest BCUT2D eigenvalue weighted by Crippen LogP contribution is 2.11. The van der Waals surface area contributed by atoms with Gasteiger partial charge in [0.05, 0.1) is 7.11 Å². The van der Waals surface area contributed by atoms with Gasteiger partial charge in [-0.25, -0.2) is 4.98 Å². The van der Waals surface area contributed by atoms with E-state index in [2.05, 4.69) is 20.5 Å². The van der Waals surface area contributed by atoms with Crippen molar-refractivity contribution in [3.05, 3.63) is 41.5 Å². The Bertz CT molecular complexity index is 575. The summed E-state index contributed by atoms with van der Waals surface area (Å²) in [5, 5.41) is 9.45. The second-order valence-electron chi connectivity index (χ2n) is 4.73. The van der Waals surface area contributed by atoms with Crippen LogP contribution in [0, 0.1) is 0 Å². The lowest BCUT2D eigenvalue weighted by atomic mass is 10.2. The zero-order chi connectivity index (χ0) is 14.5. The number of nitrogens with one attached hydrogen (secondary N) is 2. The lowest BCUT2D eigenvalue weighted by Crippen LogP contribution is -2.24. The molecule has 2 aromatic rings. The van der Waals surface area contributed by atoms with Gasteiger partial charge in [-0.2, -0.15) is 0 Å². The van der Waals surface area contributed by atoms with Crippen molar-refractivity contribution in [3.63, 3.8) is 0 Å². The zero-order valence-electron chi connectivity index (χ0n) is 11.8. The number of H-pyrrole nitrogens is 1. The highest BCUT2D eigenvalue weighted by Gasteiger charge is 2.13. The minimum absolute atomic E-state index is 0.169. The molecular weight excluding hydrogens is 256 g/mol. The van der Waals surface area contributed by atoms with E-state index >= 15 is 0 Å². The molecular formula is C14H18N4O2. The van der Waals surface area contributed by atoms with Crippen molar-refractivity contribution in [3.8, 4) is 5.75 Å². The van der Waals surface area contributed by atoms with Crippen LogP contribution >= 0.6 is 0 Å². The van der Waals surface area contributed by atoms with Gasteiger partial charge in [-0.15, -0.1) is 5.10 Å². The number of benzene rings is 1. The summed E-state index contributed by atoms with van der Waals surface area (Å²) in [5.41, 5.74) is 0.985. The molecule has 0 aliphatic carbocycles. The SMILES string of the molecule is COc1ccc(CNC(=O)c2n[nH]c(C(C)C)n2)cc1. The minimum Gasteiger partial charge on any atom is -0.497 e. The Morgan fingerprint density at radius 1 is 1.35 bits per heavy atom. The number of amides is 1. The summed E-state index contributed by atoms with van der Waals surface area (Å²) in [6.45, 7) is 4.40. The Morgan fingerprint density at radius 2 is 2.05 bits per heavy atom. The molecule has 0 saturated heterocycles. The first-order chi connectivity index (χ1) is 9.60. The molecule has 1 aromatic carbocycles. The summed E-state index contributed by atoms with van der Waals surface area (Å²) in [7, 11) is 1.62. The molecule has 1 aromatic heterocycles. The van der Waals surface area contributed by atoms with Crippen LogP contribution in [0.1, 0.15) is 41.8 Å². The topological polar surface area (TPSA) is 79.9 Å². The smallest absolute Gasteiger partial charge is 0.291 e. The van der Waals surface area contributed by atoms with Gasteiger partial charge in [-0.3, -0.25) is 9.89 Å². The monoisotopic (exact) mass is 274 g/mol. The highest BCUT2D eigenvalue weighted by atomic mass is 16.5. The molecule has 106 valence electrons. The van der Waals surface area contributed by atoms with Crippen LogP contribution in [0.5, 0.6) is 5.75 Å². The minimum atomic E-state index is -0.288. The average molecular weight is 274 g/mol. The van der Waals surface area contributed by atoms with E-state index in [4.69, 9.17) is 4.74 Å². The standard InChI is InChI=1S/C14H18N4O2/c1-9(2)12-16-13(18-17-12)14(19)15-8-10-4-6-11(20-3)7-5-10/h4-7,9H,8H2,1-3H3,(H,15,19)(H,16,17,18). The van der Waals surface area contributed by atoms with E-state index in [0.29, 0.717) is 12.4 Å². The lowest BCUT2D eigenvalue weighted by Gasteiger charge is -2.04. The van der Waals surface area contributed by atoms with Gasteiger partial charge >= 0.3 is 0 Å². The number of rotatable bonds is 5. The molecule has 2 N–H and O–H groups in total. The zero-order valence-corrected chi connectivity index (χ0v) is 11.8. The number of hydrogen-bond donors (Lipinski definition) is 2. The second-order valence-corrected chi connectivity index (χ2v) is 4.73. The molecule has 20 heavy (non-hydrogen) atoms. The van der Waals surface area contributed by atoms with Crippen LogP contribution in [0.3, 0.4) is 0 Å². The Morgan fingerprint density at radius 3 is 2.60 bits per heavy atom. The van der Waals surface area contributed by atoms with E-state index in [-0.39, 0.29) is 17.6 Å². The molecule has 2 rings (SSSR count). The van der Waals surface area contributed by atoms with Crippen LogP contribution < -0.4 is 10.1 Å². The molecule has 1 amide bonds. The molecule has 6 heteroatoms. The van der Waals surface area contributed by atoms with Crippen molar-refractivity contribution in [2.45, 2.75) is 26.3 Å². The number of ether oxygens (including phenoxy) is 1. The van der Waals surface area contributed by atoms with E-state index in [1.807, 2.05) is 38.1 Å².